The molecule has 0 aliphatic carbocycles. The van der Waals surface area contributed by atoms with E-state index >= 15 is 0 Å². The Morgan fingerprint density at radius 3 is 2.34 bits per heavy atom. The van der Waals surface area contributed by atoms with Crippen LogP contribution in [0.1, 0.15) is 30.5 Å². The van der Waals surface area contributed by atoms with Crippen LogP contribution in [0.2, 0.25) is 0 Å². The average Bonchev–Trinajstić information content (AvgIpc) is 2.77. The third-order valence-electron chi connectivity index (χ3n) is 5.20. The number of urea groups is 1. The van der Waals surface area contributed by atoms with E-state index in [1.54, 1.807) is 43.5 Å². The summed E-state index contributed by atoms with van der Waals surface area (Å²) < 4.78 is 39.4. The number of anilines is 3. The first-order valence-electron chi connectivity index (χ1n) is 11.0. The van der Waals surface area contributed by atoms with Gasteiger partial charge < -0.3 is 15.5 Å². The van der Waals surface area contributed by atoms with Crippen molar-refractivity contribution in [1.82, 2.24) is 4.98 Å². The Labute approximate surface area is 202 Å². The molecule has 0 radical (unpaired) electrons. The minimum absolute atomic E-state index is 0.0545. The predicted octanol–water partition coefficient (Wildman–Crippen LogP) is 6.61. The lowest BCUT2D eigenvalue weighted by atomic mass is 9.99. The highest BCUT2D eigenvalue weighted by atomic mass is 19.4. The van der Waals surface area contributed by atoms with Crippen molar-refractivity contribution < 1.29 is 18.0 Å². The fourth-order valence-corrected chi connectivity index (χ4v) is 3.42. The van der Waals surface area contributed by atoms with Crippen LogP contribution in [0.3, 0.4) is 0 Å². The summed E-state index contributed by atoms with van der Waals surface area (Å²) in [5.41, 5.74) is 3.91. The fraction of sp³-hybridized carbons (Fsp3) is 0.269. The summed E-state index contributed by atoms with van der Waals surface area (Å²) in [6, 6.07) is 9.86. The molecule has 0 spiro atoms. The van der Waals surface area contributed by atoms with Crippen LogP contribution >= 0.6 is 0 Å². The van der Waals surface area contributed by atoms with Gasteiger partial charge >= 0.3 is 12.2 Å². The molecule has 0 saturated heterocycles. The lowest BCUT2D eigenvalue weighted by Gasteiger charge is -2.20. The number of amides is 2. The van der Waals surface area contributed by atoms with Crippen molar-refractivity contribution in [3.63, 3.8) is 0 Å². The van der Waals surface area contributed by atoms with Crippen LogP contribution in [0, 0.1) is 6.92 Å². The Hall–Kier alpha value is -3.88. The van der Waals surface area contributed by atoms with Gasteiger partial charge in [-0.2, -0.15) is 13.2 Å². The second-order valence-corrected chi connectivity index (χ2v) is 8.57. The molecule has 0 aliphatic rings. The van der Waals surface area contributed by atoms with Crippen molar-refractivity contribution in [2.45, 2.75) is 33.0 Å². The molecule has 3 aromatic rings. The fourth-order valence-electron chi connectivity index (χ4n) is 3.42. The number of carbonyl (C=O) groups excluding carboxylic acids is 1. The number of pyridine rings is 1. The summed E-state index contributed by atoms with van der Waals surface area (Å²) in [4.78, 5) is 23.0. The van der Waals surface area contributed by atoms with Crippen molar-refractivity contribution in [3.8, 4) is 11.1 Å². The maximum Gasteiger partial charge on any atom is 0.416 e. The van der Waals surface area contributed by atoms with Gasteiger partial charge in [-0.25, -0.2) is 4.79 Å². The van der Waals surface area contributed by atoms with E-state index in [1.165, 1.54) is 6.07 Å². The average molecular weight is 484 g/mol. The number of nitrogens with zero attached hydrogens (tertiary/aromatic N) is 3. The zero-order valence-corrected chi connectivity index (χ0v) is 20.2. The first kappa shape index (κ1) is 25.7. The third kappa shape index (κ3) is 6.59. The first-order chi connectivity index (χ1) is 16.5. The lowest BCUT2D eigenvalue weighted by Crippen LogP contribution is -2.22. The lowest BCUT2D eigenvalue weighted by molar-refractivity contribution is -0.137. The number of alkyl halides is 3. The zero-order valence-electron chi connectivity index (χ0n) is 20.2. The van der Waals surface area contributed by atoms with Crippen molar-refractivity contribution in [1.29, 1.82) is 0 Å². The molecule has 0 saturated carbocycles. The summed E-state index contributed by atoms with van der Waals surface area (Å²) in [7, 11) is 3.37. The Bertz CT molecular complexity index is 1220. The largest absolute Gasteiger partial charge is 0.416 e. The van der Waals surface area contributed by atoms with Gasteiger partial charge in [-0.05, 0) is 62.2 Å². The van der Waals surface area contributed by atoms with E-state index in [1.807, 2.05) is 39.1 Å². The Morgan fingerprint density at radius 2 is 1.74 bits per heavy atom. The van der Waals surface area contributed by atoms with Gasteiger partial charge in [0.25, 0.3) is 0 Å². The molecule has 0 unspecified atom stereocenters. The molecule has 0 aliphatic heterocycles. The Kier molecular flexibility index (Phi) is 7.78. The molecule has 0 fully saturated rings. The number of carbonyl (C=O) groups is 1. The molecule has 0 atom stereocenters. The third-order valence-corrected chi connectivity index (χ3v) is 5.20. The Morgan fingerprint density at radius 1 is 1.06 bits per heavy atom. The summed E-state index contributed by atoms with van der Waals surface area (Å²) in [5, 5.41) is 5.19. The quantitative estimate of drug-likeness (QED) is 0.388. The van der Waals surface area contributed by atoms with Gasteiger partial charge in [0.05, 0.1) is 16.9 Å². The van der Waals surface area contributed by atoms with E-state index in [4.69, 9.17) is 0 Å². The molecule has 6 nitrogen and oxygen atoms in total. The molecular formula is C26H28F3N5O. The van der Waals surface area contributed by atoms with E-state index in [0.717, 1.165) is 34.4 Å². The van der Waals surface area contributed by atoms with Crippen molar-refractivity contribution in [2.24, 2.45) is 4.99 Å². The molecule has 1 heterocycles. The predicted molar refractivity (Wildman–Crippen MR) is 136 cm³/mol. The van der Waals surface area contributed by atoms with Crippen molar-refractivity contribution >= 4 is 29.3 Å². The standard InChI is InChI=1S/C26H28F3N5O/c1-16(2)31-15-21-17(3)13-30-14-22(21)18-6-9-20(10-7-18)32-25(35)33-23-12-19(26(27,28)29)8-11-24(23)34(4)5/h6-16H,1-5H3,(H2,32,33,35). The van der Waals surface area contributed by atoms with Gasteiger partial charge in [-0.3, -0.25) is 9.98 Å². The number of hydrogen-bond acceptors (Lipinski definition) is 4. The SMILES string of the molecule is Cc1cncc(-c2ccc(NC(=O)Nc3cc(C(F)(F)F)ccc3N(C)C)cc2)c1C=NC(C)C. The highest BCUT2D eigenvalue weighted by Crippen LogP contribution is 2.35. The number of aryl methyl sites for hydroxylation is 1. The summed E-state index contributed by atoms with van der Waals surface area (Å²) in [5.74, 6) is 0. The van der Waals surface area contributed by atoms with Crippen LogP contribution in [-0.2, 0) is 6.18 Å². The van der Waals surface area contributed by atoms with E-state index in [2.05, 4.69) is 20.6 Å². The second-order valence-electron chi connectivity index (χ2n) is 8.57. The van der Waals surface area contributed by atoms with Gasteiger partial charge in [-0.1, -0.05) is 12.1 Å². The Balaban J connectivity index is 1.80. The molecular weight excluding hydrogens is 455 g/mol. The van der Waals surface area contributed by atoms with Gasteiger partial charge in [-0.15, -0.1) is 0 Å². The maximum atomic E-state index is 13.1. The second kappa shape index (κ2) is 10.6. The minimum Gasteiger partial charge on any atom is -0.376 e. The molecule has 1 aromatic heterocycles. The first-order valence-corrected chi connectivity index (χ1v) is 11.0. The van der Waals surface area contributed by atoms with E-state index < -0.39 is 17.8 Å². The molecule has 0 bridgehead atoms. The number of nitrogens with one attached hydrogen (secondary N) is 2. The molecule has 2 amide bonds. The number of rotatable bonds is 6. The van der Waals surface area contributed by atoms with Crippen LogP contribution in [-0.4, -0.2) is 37.4 Å². The van der Waals surface area contributed by atoms with E-state index in [9.17, 15) is 18.0 Å². The summed E-state index contributed by atoms with van der Waals surface area (Å²) >= 11 is 0. The topological polar surface area (TPSA) is 69.6 Å². The molecule has 2 aromatic carbocycles. The molecule has 3 rings (SSSR count). The number of benzene rings is 2. The maximum absolute atomic E-state index is 13.1. The zero-order chi connectivity index (χ0) is 25.8. The summed E-state index contributed by atoms with van der Waals surface area (Å²) in [6.45, 7) is 5.96. The van der Waals surface area contributed by atoms with Crippen molar-refractivity contribution in [2.75, 3.05) is 29.6 Å². The van der Waals surface area contributed by atoms with Crippen molar-refractivity contribution in [3.05, 3.63) is 71.5 Å². The highest BCUT2D eigenvalue weighted by molar-refractivity contribution is 6.02. The summed E-state index contributed by atoms with van der Waals surface area (Å²) in [6.07, 6.45) is 0.867. The van der Waals surface area contributed by atoms with Gasteiger partial charge in [0.2, 0.25) is 0 Å². The van der Waals surface area contributed by atoms with Gasteiger partial charge in [0.1, 0.15) is 0 Å². The van der Waals surface area contributed by atoms with Crippen LogP contribution < -0.4 is 15.5 Å². The van der Waals surface area contributed by atoms with Crippen LogP contribution in [0.15, 0.2) is 59.9 Å². The minimum atomic E-state index is -4.52. The number of aromatic nitrogens is 1. The molecule has 184 valence electrons. The normalized spacial score (nSPS) is 11.7. The highest BCUT2D eigenvalue weighted by Gasteiger charge is 2.31. The number of aliphatic imine (C=N–C) groups is 1. The van der Waals surface area contributed by atoms with E-state index in [-0.39, 0.29) is 11.7 Å². The number of hydrogen-bond donors (Lipinski definition) is 2. The number of halogens is 3. The van der Waals surface area contributed by atoms with Crippen LogP contribution in [0.5, 0.6) is 0 Å². The monoisotopic (exact) mass is 483 g/mol. The van der Waals surface area contributed by atoms with E-state index in [0.29, 0.717) is 11.4 Å². The molecule has 35 heavy (non-hydrogen) atoms. The smallest absolute Gasteiger partial charge is 0.376 e. The van der Waals surface area contributed by atoms with Gasteiger partial charge in [0, 0.05) is 55.6 Å². The van der Waals surface area contributed by atoms with Gasteiger partial charge in [0.15, 0.2) is 0 Å². The molecule has 9 heteroatoms. The van der Waals surface area contributed by atoms with Crippen LogP contribution in [0.25, 0.3) is 11.1 Å². The molecule has 2 N–H and O–H groups in total. The van der Waals surface area contributed by atoms with Crippen LogP contribution in [0.4, 0.5) is 35.0 Å².